The van der Waals surface area contributed by atoms with Crippen LogP contribution in [0.2, 0.25) is 0 Å². The second kappa shape index (κ2) is 7.83. The number of hydrogen-bond donors (Lipinski definition) is 1. The third kappa shape index (κ3) is 3.72. The predicted molar refractivity (Wildman–Crippen MR) is 97.7 cm³/mol. The summed E-state index contributed by atoms with van der Waals surface area (Å²) in [4.78, 5) is 2.63. The number of benzene rings is 1. The Balaban J connectivity index is 1.54. The highest BCUT2D eigenvalue weighted by atomic mass is 16.5. The third-order valence-corrected chi connectivity index (χ3v) is 5.77. The molecule has 3 heterocycles. The minimum absolute atomic E-state index is 0.640. The second-order valence-electron chi connectivity index (χ2n) is 7.40. The first-order valence-corrected chi connectivity index (χ1v) is 9.79. The lowest BCUT2D eigenvalue weighted by Crippen LogP contribution is -2.43. The zero-order chi connectivity index (χ0) is 17.1. The maximum absolute atomic E-state index is 5.88. The smallest absolute Gasteiger partial charge is 0.164 e. The van der Waals surface area contributed by atoms with Crippen molar-refractivity contribution in [3.63, 3.8) is 0 Å². The van der Waals surface area contributed by atoms with E-state index in [4.69, 9.17) is 14.2 Å². The highest BCUT2D eigenvalue weighted by Crippen LogP contribution is 2.38. The zero-order valence-corrected chi connectivity index (χ0v) is 15.3. The van der Waals surface area contributed by atoms with Crippen LogP contribution in [0.15, 0.2) is 12.1 Å². The van der Waals surface area contributed by atoms with Gasteiger partial charge in [-0.25, -0.2) is 0 Å². The number of ether oxygens (including phenoxy) is 3. The van der Waals surface area contributed by atoms with Gasteiger partial charge in [0.25, 0.3) is 0 Å². The largest absolute Gasteiger partial charge is 0.496 e. The summed E-state index contributed by atoms with van der Waals surface area (Å²) in [5.41, 5.74) is 1.20. The Kier molecular flexibility index (Phi) is 5.32. The molecule has 2 fully saturated rings. The Morgan fingerprint density at radius 1 is 1.08 bits per heavy atom. The number of hydrogen-bond acceptors (Lipinski definition) is 5. The standard InChI is InChI=1S/C20H30N2O3/c1-23-18-13-20-19(24-10-5-11-25-20)12-15(18)14-22-9-7-16-17(22)6-3-2-4-8-21-16/h12-13,16-17,21H,2-11,14H2,1H3/t16-,17+/m0/s1. The summed E-state index contributed by atoms with van der Waals surface area (Å²) in [6, 6.07) is 5.41. The van der Waals surface area contributed by atoms with E-state index in [0.29, 0.717) is 18.7 Å². The van der Waals surface area contributed by atoms with Gasteiger partial charge >= 0.3 is 0 Å². The van der Waals surface area contributed by atoms with Crippen LogP contribution in [-0.2, 0) is 6.54 Å². The molecule has 0 aliphatic carbocycles. The summed E-state index contributed by atoms with van der Waals surface area (Å²) >= 11 is 0. The molecule has 0 radical (unpaired) electrons. The number of nitrogens with zero attached hydrogens (tertiary/aromatic N) is 1. The van der Waals surface area contributed by atoms with Gasteiger partial charge in [-0.1, -0.05) is 12.8 Å². The lowest BCUT2D eigenvalue weighted by atomic mass is 9.99. The molecule has 0 spiro atoms. The number of methoxy groups -OCH3 is 1. The molecule has 0 bridgehead atoms. The molecule has 4 rings (SSSR count). The van der Waals surface area contributed by atoms with Gasteiger partial charge in [-0.2, -0.15) is 0 Å². The Morgan fingerprint density at radius 3 is 2.76 bits per heavy atom. The minimum atomic E-state index is 0.640. The van der Waals surface area contributed by atoms with Crippen molar-refractivity contribution < 1.29 is 14.2 Å². The molecule has 1 aromatic carbocycles. The maximum Gasteiger partial charge on any atom is 0.164 e. The van der Waals surface area contributed by atoms with Gasteiger partial charge in [0.05, 0.1) is 20.3 Å². The van der Waals surface area contributed by atoms with Crippen molar-refractivity contribution in [2.24, 2.45) is 0 Å². The van der Waals surface area contributed by atoms with Crippen molar-refractivity contribution in [3.05, 3.63) is 17.7 Å². The summed E-state index contributed by atoms with van der Waals surface area (Å²) in [7, 11) is 1.74. The number of nitrogens with one attached hydrogen (secondary N) is 1. The lowest BCUT2D eigenvalue weighted by Gasteiger charge is -2.31. The molecule has 25 heavy (non-hydrogen) atoms. The van der Waals surface area contributed by atoms with Gasteiger partial charge in [-0.3, -0.25) is 4.90 Å². The molecule has 2 atom stereocenters. The Hall–Kier alpha value is -1.46. The van der Waals surface area contributed by atoms with E-state index in [0.717, 1.165) is 43.4 Å². The topological polar surface area (TPSA) is 43.0 Å². The van der Waals surface area contributed by atoms with E-state index in [1.54, 1.807) is 7.11 Å². The van der Waals surface area contributed by atoms with Crippen LogP contribution in [0, 0.1) is 0 Å². The van der Waals surface area contributed by atoms with Crippen molar-refractivity contribution in [1.82, 2.24) is 10.2 Å². The Labute approximate surface area is 150 Å². The van der Waals surface area contributed by atoms with Gasteiger partial charge in [0.1, 0.15) is 5.75 Å². The molecular weight excluding hydrogens is 316 g/mol. The Bertz CT molecular complexity index is 593. The van der Waals surface area contributed by atoms with Gasteiger partial charge in [0.15, 0.2) is 11.5 Å². The van der Waals surface area contributed by atoms with Crippen LogP contribution in [0.1, 0.15) is 44.1 Å². The summed E-state index contributed by atoms with van der Waals surface area (Å²) < 4.78 is 17.4. The van der Waals surface area contributed by atoms with Crippen LogP contribution in [0.4, 0.5) is 0 Å². The fourth-order valence-corrected chi connectivity index (χ4v) is 4.44. The van der Waals surface area contributed by atoms with E-state index in [9.17, 15) is 0 Å². The van der Waals surface area contributed by atoms with Crippen molar-refractivity contribution in [2.75, 3.05) is 33.4 Å². The van der Waals surface area contributed by atoms with Gasteiger partial charge in [0, 0.05) is 43.2 Å². The quantitative estimate of drug-likeness (QED) is 0.911. The molecule has 0 unspecified atom stereocenters. The minimum Gasteiger partial charge on any atom is -0.496 e. The molecule has 2 saturated heterocycles. The van der Waals surface area contributed by atoms with E-state index in [1.807, 2.05) is 6.07 Å². The normalized spacial score (nSPS) is 27.1. The van der Waals surface area contributed by atoms with Crippen molar-refractivity contribution in [2.45, 2.75) is 57.2 Å². The molecular formula is C20H30N2O3. The highest BCUT2D eigenvalue weighted by Gasteiger charge is 2.34. The number of likely N-dealkylation sites (tertiary alicyclic amines) is 1. The molecule has 5 heteroatoms. The van der Waals surface area contributed by atoms with Crippen LogP contribution in [0.5, 0.6) is 17.2 Å². The van der Waals surface area contributed by atoms with E-state index >= 15 is 0 Å². The van der Waals surface area contributed by atoms with Crippen LogP contribution < -0.4 is 19.5 Å². The fraction of sp³-hybridized carbons (Fsp3) is 0.700. The van der Waals surface area contributed by atoms with Crippen molar-refractivity contribution in [1.29, 1.82) is 0 Å². The third-order valence-electron chi connectivity index (χ3n) is 5.77. The second-order valence-corrected chi connectivity index (χ2v) is 7.40. The van der Waals surface area contributed by atoms with E-state index in [1.165, 1.54) is 44.2 Å². The molecule has 0 amide bonds. The highest BCUT2D eigenvalue weighted by molar-refractivity contribution is 5.51. The van der Waals surface area contributed by atoms with Crippen molar-refractivity contribution in [3.8, 4) is 17.2 Å². The monoisotopic (exact) mass is 346 g/mol. The molecule has 0 saturated carbocycles. The van der Waals surface area contributed by atoms with Gasteiger partial charge in [-0.05, 0) is 31.9 Å². The first kappa shape index (κ1) is 17.0. The van der Waals surface area contributed by atoms with Crippen molar-refractivity contribution >= 4 is 0 Å². The molecule has 138 valence electrons. The molecule has 5 nitrogen and oxygen atoms in total. The summed E-state index contributed by atoms with van der Waals surface area (Å²) in [5, 5.41) is 3.77. The molecule has 3 aliphatic rings. The maximum atomic E-state index is 5.88. The molecule has 1 N–H and O–H groups in total. The fourth-order valence-electron chi connectivity index (χ4n) is 4.44. The number of fused-ring (bicyclic) bond motifs is 2. The van der Waals surface area contributed by atoms with Crippen LogP contribution in [-0.4, -0.2) is 50.4 Å². The lowest BCUT2D eigenvalue weighted by molar-refractivity contribution is 0.201. The average molecular weight is 346 g/mol. The molecule has 1 aromatic rings. The van der Waals surface area contributed by atoms with Crippen LogP contribution in [0.25, 0.3) is 0 Å². The molecule has 0 aromatic heterocycles. The van der Waals surface area contributed by atoms with Gasteiger partial charge in [0.2, 0.25) is 0 Å². The van der Waals surface area contributed by atoms with E-state index in [2.05, 4.69) is 16.3 Å². The van der Waals surface area contributed by atoms with Gasteiger partial charge in [-0.15, -0.1) is 0 Å². The first-order chi connectivity index (χ1) is 12.3. The van der Waals surface area contributed by atoms with Crippen LogP contribution in [0.3, 0.4) is 0 Å². The van der Waals surface area contributed by atoms with Gasteiger partial charge < -0.3 is 19.5 Å². The Morgan fingerprint density at radius 2 is 1.92 bits per heavy atom. The average Bonchev–Trinajstić information content (AvgIpc) is 2.81. The molecule has 3 aliphatic heterocycles. The van der Waals surface area contributed by atoms with E-state index < -0.39 is 0 Å². The summed E-state index contributed by atoms with van der Waals surface area (Å²) in [6.07, 6.45) is 7.48. The zero-order valence-electron chi connectivity index (χ0n) is 15.3. The SMILES string of the molecule is COc1cc2c(cc1CN1CC[C@@H]3NCCCCC[C@H]31)OCCCO2. The van der Waals surface area contributed by atoms with Crippen LogP contribution >= 0.6 is 0 Å². The predicted octanol–water partition coefficient (Wildman–Crippen LogP) is 2.96. The summed E-state index contributed by atoms with van der Waals surface area (Å²) in [5.74, 6) is 2.58. The first-order valence-electron chi connectivity index (χ1n) is 9.79. The van der Waals surface area contributed by atoms with E-state index in [-0.39, 0.29) is 0 Å². The number of rotatable bonds is 3. The summed E-state index contributed by atoms with van der Waals surface area (Å²) in [6.45, 7) is 4.67.